The molecule has 2 saturated heterocycles. The number of hydrogen-bond donors (Lipinski definition) is 3. The molecule has 0 atom stereocenters. The van der Waals surface area contributed by atoms with Gasteiger partial charge in [0.1, 0.15) is 10.9 Å². The minimum Gasteiger partial charge on any atom is -0.399 e. The molecule has 0 bridgehead atoms. The Bertz CT molecular complexity index is 1880. The molecule has 2 aromatic carbocycles. The number of amidine groups is 1. The van der Waals surface area contributed by atoms with Crippen LogP contribution in [0.25, 0.3) is 0 Å². The SMILES string of the molecule is CSC(=N)c1ccc(C)s1.Cc1ccc(C(N)=Nc2ccc3c(c2)CCCN3CCCN2CCCC2)s1.I.Nc1ccc2c(c1)CCCN2CCCN1CCCC1. The molecule has 6 heterocycles. The number of benzene rings is 2. The van der Waals surface area contributed by atoms with Crippen molar-refractivity contribution < 1.29 is 0 Å². The first kappa shape index (κ1) is 45.5. The number of rotatable bonds is 11. The molecule has 2 fully saturated rings. The van der Waals surface area contributed by atoms with Crippen molar-refractivity contribution in [2.75, 3.05) is 87.2 Å². The summed E-state index contributed by atoms with van der Waals surface area (Å²) in [6.45, 7) is 16.6. The number of nitrogens with one attached hydrogen (secondary N) is 1. The lowest BCUT2D eigenvalue weighted by atomic mass is 10.0. The Balaban J connectivity index is 0.000000179. The van der Waals surface area contributed by atoms with E-state index in [-0.39, 0.29) is 24.0 Å². The fourth-order valence-electron chi connectivity index (χ4n) is 8.30. The first-order valence-electron chi connectivity index (χ1n) is 20.8. The van der Waals surface area contributed by atoms with Gasteiger partial charge < -0.3 is 31.1 Å². The third kappa shape index (κ3) is 13.7. The largest absolute Gasteiger partial charge is 0.399 e. The van der Waals surface area contributed by atoms with Crippen LogP contribution in [0.2, 0.25) is 0 Å². The summed E-state index contributed by atoms with van der Waals surface area (Å²) >= 11 is 4.86. The summed E-state index contributed by atoms with van der Waals surface area (Å²) in [6.07, 6.45) is 14.8. The number of thiophene rings is 2. The second-order valence-corrected chi connectivity index (χ2v) is 18.9. The maximum atomic E-state index is 7.47. The van der Waals surface area contributed by atoms with Gasteiger partial charge in [-0.05, 0) is 195 Å². The Labute approximate surface area is 372 Å². The van der Waals surface area contributed by atoms with Crippen molar-refractivity contribution in [3.05, 3.63) is 91.3 Å². The first-order chi connectivity index (χ1) is 27.2. The van der Waals surface area contributed by atoms with E-state index >= 15 is 0 Å². The standard InChI is InChI=1S/C22H30N4S.C16H25N3.C7H9NS2.HI/c1-17-7-10-21(27-17)22(23)24-19-8-9-20-18(16-19)6-4-14-26(20)15-5-13-25-11-2-3-12-25;17-15-6-7-16-14(13-15)5-3-11-19(16)12-4-10-18-8-1-2-9-18;1-5-3-4-6(10-5)7(8)9-2;/h7-10,16H,2-6,11-15H2,1H3,(H2,23,24);6-7,13H,1-5,8-12,17H2;3-4,8H,1-2H3;1H. The lowest BCUT2D eigenvalue weighted by molar-refractivity contribution is 0.334. The van der Waals surface area contributed by atoms with Crippen molar-refractivity contribution in [1.82, 2.24) is 9.80 Å². The van der Waals surface area contributed by atoms with Gasteiger partial charge >= 0.3 is 0 Å². The molecule has 0 amide bonds. The van der Waals surface area contributed by atoms with E-state index in [1.807, 2.05) is 24.5 Å². The number of aliphatic imine (C=N–C) groups is 1. The number of fused-ring (bicyclic) bond motifs is 2. The van der Waals surface area contributed by atoms with Crippen molar-refractivity contribution in [2.24, 2.45) is 10.7 Å². The number of thioether (sulfide) groups is 1. The first-order valence-corrected chi connectivity index (χ1v) is 23.7. The highest BCUT2D eigenvalue weighted by molar-refractivity contribution is 14.0. The fraction of sp³-hybridized carbons (Fsp3) is 0.511. The van der Waals surface area contributed by atoms with Crippen LogP contribution in [0.1, 0.15) is 82.0 Å². The zero-order valence-electron chi connectivity index (χ0n) is 34.4. The van der Waals surface area contributed by atoms with E-state index in [4.69, 9.17) is 16.9 Å². The van der Waals surface area contributed by atoms with E-state index < -0.39 is 0 Å². The fourth-order valence-corrected chi connectivity index (χ4v) is 10.4. The molecule has 0 saturated carbocycles. The smallest absolute Gasteiger partial charge is 0.141 e. The van der Waals surface area contributed by atoms with Crippen molar-refractivity contribution in [2.45, 2.75) is 78.1 Å². The highest BCUT2D eigenvalue weighted by Crippen LogP contribution is 2.32. The average Bonchev–Trinajstić information content (AvgIpc) is 4.05. The Morgan fingerprint density at radius 1 is 0.667 bits per heavy atom. The van der Waals surface area contributed by atoms with Crippen LogP contribution in [0.4, 0.5) is 22.7 Å². The van der Waals surface area contributed by atoms with Gasteiger partial charge in [0.25, 0.3) is 0 Å². The van der Waals surface area contributed by atoms with Crippen LogP contribution < -0.4 is 21.3 Å². The van der Waals surface area contributed by atoms with Gasteiger partial charge in [-0.2, -0.15) is 0 Å². The second-order valence-electron chi connectivity index (χ2n) is 15.5. The molecule has 2 aromatic heterocycles. The summed E-state index contributed by atoms with van der Waals surface area (Å²) < 4.78 is 0. The zero-order chi connectivity index (χ0) is 39.3. The average molecular weight is 941 g/mol. The molecule has 4 aromatic rings. The van der Waals surface area contributed by atoms with Gasteiger partial charge in [-0.15, -0.1) is 58.4 Å². The van der Waals surface area contributed by atoms with Crippen molar-refractivity contribution in [3.8, 4) is 0 Å². The predicted molar refractivity (Wildman–Crippen MR) is 263 cm³/mol. The number of halogens is 1. The Kier molecular flexibility index (Phi) is 18.5. The van der Waals surface area contributed by atoms with E-state index in [9.17, 15) is 0 Å². The van der Waals surface area contributed by atoms with Gasteiger partial charge in [0.05, 0.1) is 15.4 Å². The van der Waals surface area contributed by atoms with E-state index in [1.54, 1.807) is 22.7 Å². The zero-order valence-corrected chi connectivity index (χ0v) is 39.2. The van der Waals surface area contributed by atoms with E-state index in [2.05, 4.69) is 80.9 Å². The molecule has 0 unspecified atom stereocenters. The van der Waals surface area contributed by atoms with Gasteiger partial charge in [0, 0.05) is 53.0 Å². The number of anilines is 3. The van der Waals surface area contributed by atoms with Crippen molar-refractivity contribution >= 4 is 92.0 Å². The lowest BCUT2D eigenvalue weighted by Gasteiger charge is -2.32. The van der Waals surface area contributed by atoms with E-state index in [0.29, 0.717) is 10.9 Å². The predicted octanol–water partition coefficient (Wildman–Crippen LogP) is 10.2. The summed E-state index contributed by atoms with van der Waals surface area (Å²) in [5.41, 5.74) is 19.6. The molecule has 0 radical (unpaired) electrons. The number of aryl methyl sites for hydroxylation is 4. The minimum absolute atomic E-state index is 0. The topological polar surface area (TPSA) is 101 Å². The molecule has 12 heteroatoms. The molecule has 0 spiro atoms. The maximum Gasteiger partial charge on any atom is 0.141 e. The van der Waals surface area contributed by atoms with Gasteiger partial charge in [0.15, 0.2) is 0 Å². The Hall–Kier alpha value is -2.62. The lowest BCUT2D eigenvalue weighted by Crippen LogP contribution is -2.32. The summed E-state index contributed by atoms with van der Waals surface area (Å²) in [5.74, 6) is 0.617. The summed E-state index contributed by atoms with van der Waals surface area (Å²) in [6, 6.07) is 21.2. The molecule has 4 aliphatic rings. The number of hydrogen-bond acceptors (Lipinski definition) is 10. The van der Waals surface area contributed by atoms with Crippen molar-refractivity contribution in [3.63, 3.8) is 0 Å². The molecule has 0 aliphatic carbocycles. The number of nitrogens with zero attached hydrogens (tertiary/aromatic N) is 5. The van der Waals surface area contributed by atoms with Crippen LogP contribution >= 0.6 is 58.4 Å². The highest BCUT2D eigenvalue weighted by atomic mass is 127. The van der Waals surface area contributed by atoms with Gasteiger partial charge in [-0.3, -0.25) is 5.41 Å². The van der Waals surface area contributed by atoms with Crippen LogP contribution in [0.15, 0.2) is 65.7 Å². The molecular formula is C45H65IN8S3. The van der Waals surface area contributed by atoms with Crippen LogP contribution in [0.3, 0.4) is 0 Å². The van der Waals surface area contributed by atoms with Gasteiger partial charge in [-0.25, -0.2) is 4.99 Å². The number of nitrogens with two attached hydrogens (primary N) is 2. The second kappa shape index (κ2) is 23.2. The van der Waals surface area contributed by atoms with Gasteiger partial charge in [0.2, 0.25) is 0 Å². The summed E-state index contributed by atoms with van der Waals surface area (Å²) in [4.78, 5) is 19.7. The molecule has 5 N–H and O–H groups in total. The van der Waals surface area contributed by atoms with Crippen LogP contribution in [-0.2, 0) is 12.8 Å². The Morgan fingerprint density at radius 2 is 1.18 bits per heavy atom. The molecule has 8 rings (SSSR count). The minimum atomic E-state index is 0. The molecule has 310 valence electrons. The third-order valence-corrected chi connectivity index (χ3v) is 14.0. The van der Waals surface area contributed by atoms with Crippen molar-refractivity contribution in [1.29, 1.82) is 5.41 Å². The van der Waals surface area contributed by atoms with Gasteiger partial charge in [-0.1, -0.05) is 0 Å². The third-order valence-electron chi connectivity index (χ3n) is 11.2. The molecular weight excluding hydrogens is 876 g/mol. The quantitative estimate of drug-likeness (QED) is 0.0596. The molecule has 57 heavy (non-hydrogen) atoms. The molecule has 4 aliphatic heterocycles. The summed E-state index contributed by atoms with van der Waals surface area (Å²) in [5, 5.41) is 8.13. The van der Waals surface area contributed by atoms with Crippen LogP contribution in [-0.4, -0.2) is 92.4 Å². The van der Waals surface area contributed by atoms with Crippen LogP contribution in [0.5, 0.6) is 0 Å². The number of likely N-dealkylation sites (tertiary alicyclic amines) is 2. The van der Waals surface area contributed by atoms with E-state index in [1.165, 1.54) is 161 Å². The number of nitrogen functional groups attached to an aromatic ring is 1. The normalized spacial score (nSPS) is 16.9. The Morgan fingerprint density at radius 3 is 1.68 bits per heavy atom. The van der Waals surface area contributed by atoms with Crippen LogP contribution in [0, 0.1) is 19.3 Å². The molecule has 8 nitrogen and oxygen atoms in total. The van der Waals surface area contributed by atoms with E-state index in [0.717, 1.165) is 34.1 Å². The maximum absolute atomic E-state index is 7.47. The monoisotopic (exact) mass is 940 g/mol. The summed E-state index contributed by atoms with van der Waals surface area (Å²) in [7, 11) is 0. The highest BCUT2D eigenvalue weighted by Gasteiger charge is 2.19.